The van der Waals surface area contributed by atoms with Crippen molar-refractivity contribution in [1.82, 2.24) is 13.7 Å². The standard InChI is InChI=1S/C19H20ClN3O2/c1-4-22-16-12-15(11-8-13-6-9-14(20)10-7-13)21(3)17(16)18(24)23(5-2)19(22)25/h6-12H,4-5H2,1-3H3/b11-8+. The summed E-state index contributed by atoms with van der Waals surface area (Å²) in [5.74, 6) is 0. The summed E-state index contributed by atoms with van der Waals surface area (Å²) in [7, 11) is 1.84. The number of aromatic nitrogens is 3. The molecule has 0 radical (unpaired) electrons. The summed E-state index contributed by atoms with van der Waals surface area (Å²) in [6.07, 6.45) is 3.89. The van der Waals surface area contributed by atoms with Crippen molar-refractivity contribution in [2.75, 3.05) is 0 Å². The zero-order valence-electron chi connectivity index (χ0n) is 14.5. The van der Waals surface area contributed by atoms with E-state index in [0.717, 1.165) is 11.3 Å². The number of fused-ring (bicyclic) bond motifs is 1. The number of nitrogens with zero attached hydrogens (tertiary/aromatic N) is 3. The van der Waals surface area contributed by atoms with Gasteiger partial charge in [-0.15, -0.1) is 0 Å². The van der Waals surface area contributed by atoms with Gasteiger partial charge in [0.2, 0.25) is 0 Å². The summed E-state index contributed by atoms with van der Waals surface area (Å²) < 4.78 is 4.75. The van der Waals surface area contributed by atoms with Gasteiger partial charge in [0.15, 0.2) is 0 Å². The molecule has 0 bridgehead atoms. The van der Waals surface area contributed by atoms with Gasteiger partial charge in [-0.1, -0.05) is 29.8 Å². The predicted octanol–water partition coefficient (Wildman–Crippen LogP) is 3.37. The number of hydrogen-bond donors (Lipinski definition) is 0. The highest BCUT2D eigenvalue weighted by molar-refractivity contribution is 6.30. The van der Waals surface area contributed by atoms with Crippen LogP contribution >= 0.6 is 11.6 Å². The molecule has 5 nitrogen and oxygen atoms in total. The van der Waals surface area contributed by atoms with Crippen LogP contribution in [0.3, 0.4) is 0 Å². The Labute approximate surface area is 150 Å². The molecule has 0 saturated heterocycles. The average Bonchev–Trinajstić information content (AvgIpc) is 2.92. The molecule has 0 aliphatic rings. The van der Waals surface area contributed by atoms with Crippen molar-refractivity contribution in [2.24, 2.45) is 7.05 Å². The third-order valence-corrected chi connectivity index (χ3v) is 4.65. The van der Waals surface area contributed by atoms with E-state index in [1.54, 1.807) is 11.5 Å². The Morgan fingerprint density at radius 2 is 1.64 bits per heavy atom. The highest BCUT2D eigenvalue weighted by Crippen LogP contribution is 2.18. The second kappa shape index (κ2) is 6.76. The highest BCUT2D eigenvalue weighted by atomic mass is 35.5. The summed E-state index contributed by atoms with van der Waals surface area (Å²) in [6, 6.07) is 9.39. The minimum atomic E-state index is -0.263. The van der Waals surface area contributed by atoms with Crippen molar-refractivity contribution in [1.29, 1.82) is 0 Å². The van der Waals surface area contributed by atoms with Gasteiger partial charge in [0.1, 0.15) is 5.52 Å². The topological polar surface area (TPSA) is 48.9 Å². The molecule has 3 aromatic rings. The van der Waals surface area contributed by atoms with E-state index >= 15 is 0 Å². The van der Waals surface area contributed by atoms with Crippen LogP contribution < -0.4 is 11.2 Å². The first-order valence-corrected chi connectivity index (χ1v) is 8.62. The number of benzene rings is 1. The van der Waals surface area contributed by atoms with E-state index in [1.165, 1.54) is 4.57 Å². The van der Waals surface area contributed by atoms with Crippen LogP contribution in [0.5, 0.6) is 0 Å². The number of rotatable bonds is 4. The van der Waals surface area contributed by atoms with Gasteiger partial charge in [-0.05, 0) is 43.7 Å². The Hall–Kier alpha value is -2.53. The van der Waals surface area contributed by atoms with Crippen LogP contribution in [0.2, 0.25) is 5.02 Å². The lowest BCUT2D eigenvalue weighted by atomic mass is 10.2. The van der Waals surface area contributed by atoms with Crippen LogP contribution in [0.1, 0.15) is 25.1 Å². The molecule has 25 heavy (non-hydrogen) atoms. The van der Waals surface area contributed by atoms with Crippen LogP contribution in [0.4, 0.5) is 0 Å². The molecule has 2 heterocycles. The van der Waals surface area contributed by atoms with Crippen LogP contribution in [0, 0.1) is 0 Å². The first-order valence-electron chi connectivity index (χ1n) is 8.24. The lowest BCUT2D eigenvalue weighted by Crippen LogP contribution is -2.39. The number of halogens is 1. The Morgan fingerprint density at radius 1 is 1.00 bits per heavy atom. The quantitative estimate of drug-likeness (QED) is 0.718. The van der Waals surface area contributed by atoms with Crippen molar-refractivity contribution in [3.8, 4) is 0 Å². The summed E-state index contributed by atoms with van der Waals surface area (Å²) >= 11 is 5.90. The van der Waals surface area contributed by atoms with E-state index in [1.807, 2.05) is 61.0 Å². The largest absolute Gasteiger partial charge is 0.338 e. The summed E-state index contributed by atoms with van der Waals surface area (Å²) in [5, 5.41) is 0.689. The number of hydrogen-bond acceptors (Lipinski definition) is 2. The molecule has 0 N–H and O–H groups in total. The van der Waals surface area contributed by atoms with Gasteiger partial charge in [-0.2, -0.15) is 0 Å². The maximum absolute atomic E-state index is 12.7. The smallest absolute Gasteiger partial charge is 0.331 e. The monoisotopic (exact) mass is 357 g/mol. The first kappa shape index (κ1) is 17.3. The minimum Gasteiger partial charge on any atom is -0.338 e. The van der Waals surface area contributed by atoms with E-state index in [4.69, 9.17) is 11.6 Å². The van der Waals surface area contributed by atoms with Crippen LogP contribution in [0.15, 0.2) is 39.9 Å². The molecule has 2 aromatic heterocycles. The third kappa shape index (κ3) is 2.96. The Morgan fingerprint density at radius 3 is 2.24 bits per heavy atom. The predicted molar refractivity (Wildman–Crippen MR) is 103 cm³/mol. The molecule has 0 fully saturated rings. The Bertz CT molecular complexity index is 1070. The molecule has 6 heteroatoms. The average molecular weight is 358 g/mol. The van der Waals surface area contributed by atoms with Crippen LogP contribution in [-0.4, -0.2) is 13.7 Å². The lowest BCUT2D eigenvalue weighted by Gasteiger charge is -2.09. The van der Waals surface area contributed by atoms with Crippen molar-refractivity contribution in [2.45, 2.75) is 26.9 Å². The Kier molecular flexibility index (Phi) is 4.68. The summed E-state index contributed by atoms with van der Waals surface area (Å²) in [6.45, 7) is 4.58. The van der Waals surface area contributed by atoms with E-state index < -0.39 is 0 Å². The van der Waals surface area contributed by atoms with Gasteiger partial charge in [0, 0.05) is 30.9 Å². The Balaban J connectivity index is 2.20. The van der Waals surface area contributed by atoms with Gasteiger partial charge in [0.25, 0.3) is 5.56 Å². The van der Waals surface area contributed by atoms with Crippen molar-refractivity contribution >= 4 is 34.8 Å². The summed E-state index contributed by atoms with van der Waals surface area (Å²) in [4.78, 5) is 25.2. The van der Waals surface area contributed by atoms with Crippen LogP contribution in [0.25, 0.3) is 23.2 Å². The molecular weight excluding hydrogens is 338 g/mol. The fourth-order valence-corrected chi connectivity index (χ4v) is 3.15. The van der Waals surface area contributed by atoms with Gasteiger partial charge < -0.3 is 4.57 Å². The lowest BCUT2D eigenvalue weighted by molar-refractivity contribution is 0.606. The minimum absolute atomic E-state index is 0.249. The molecule has 0 spiro atoms. The van der Waals surface area contributed by atoms with E-state index in [2.05, 4.69) is 0 Å². The van der Waals surface area contributed by atoms with Crippen molar-refractivity contribution in [3.63, 3.8) is 0 Å². The second-order valence-corrected chi connectivity index (χ2v) is 6.26. The maximum atomic E-state index is 12.7. The first-order chi connectivity index (χ1) is 12.0. The fraction of sp³-hybridized carbons (Fsp3) is 0.263. The van der Waals surface area contributed by atoms with Crippen molar-refractivity contribution in [3.05, 3.63) is 67.4 Å². The van der Waals surface area contributed by atoms with E-state index in [-0.39, 0.29) is 11.2 Å². The van der Waals surface area contributed by atoms with E-state index in [9.17, 15) is 9.59 Å². The zero-order valence-corrected chi connectivity index (χ0v) is 15.2. The zero-order chi connectivity index (χ0) is 18.1. The molecule has 3 rings (SSSR count). The molecule has 0 saturated carbocycles. The van der Waals surface area contributed by atoms with E-state index in [0.29, 0.717) is 29.1 Å². The SMILES string of the molecule is CCn1c(=O)c2c(cc(/C=C/c3ccc(Cl)cc3)n2C)n(CC)c1=O. The molecule has 1 aromatic carbocycles. The molecule has 0 unspecified atom stereocenters. The van der Waals surface area contributed by atoms with Crippen molar-refractivity contribution < 1.29 is 0 Å². The molecule has 0 amide bonds. The van der Waals surface area contributed by atoms with Gasteiger partial charge in [0.05, 0.1) is 5.52 Å². The maximum Gasteiger partial charge on any atom is 0.331 e. The van der Waals surface area contributed by atoms with Gasteiger partial charge >= 0.3 is 5.69 Å². The molecule has 130 valence electrons. The molecular formula is C19H20ClN3O2. The van der Waals surface area contributed by atoms with Crippen LogP contribution in [-0.2, 0) is 20.1 Å². The molecule has 0 atom stereocenters. The summed E-state index contributed by atoms with van der Waals surface area (Å²) in [5.41, 5.74) is 2.56. The van der Waals surface area contributed by atoms with Gasteiger partial charge in [-0.25, -0.2) is 4.79 Å². The second-order valence-electron chi connectivity index (χ2n) is 5.82. The molecule has 0 aliphatic carbocycles. The normalized spacial score (nSPS) is 11.7. The molecule has 0 aliphatic heterocycles. The third-order valence-electron chi connectivity index (χ3n) is 4.40. The fourth-order valence-electron chi connectivity index (χ4n) is 3.03. The van der Waals surface area contributed by atoms with Gasteiger partial charge in [-0.3, -0.25) is 13.9 Å². The highest BCUT2D eigenvalue weighted by Gasteiger charge is 2.16. The number of aryl methyl sites for hydroxylation is 2.